The summed E-state index contributed by atoms with van der Waals surface area (Å²) in [7, 11) is 0. The zero-order valence-electron chi connectivity index (χ0n) is 10.9. The van der Waals surface area contributed by atoms with E-state index in [4.69, 9.17) is 16.3 Å². The highest BCUT2D eigenvalue weighted by Crippen LogP contribution is 2.31. The molecule has 0 spiro atoms. The normalized spacial score (nSPS) is 13.1. The Kier molecular flexibility index (Phi) is 3.14. The molecular weight excluding hydrogens is 280 g/mol. The SMILES string of the molecule is CCNC(=O)c1cn2c3c(ccc(Cl)c3c1=O)OCC2. The number of aromatic nitrogens is 1. The molecule has 0 radical (unpaired) electrons. The number of nitrogens with one attached hydrogen (secondary N) is 1. The lowest BCUT2D eigenvalue weighted by Gasteiger charge is -2.21. The number of hydrogen-bond acceptors (Lipinski definition) is 3. The van der Waals surface area contributed by atoms with Gasteiger partial charge in [-0.2, -0.15) is 0 Å². The molecule has 3 rings (SSSR count). The number of rotatable bonds is 2. The van der Waals surface area contributed by atoms with E-state index in [9.17, 15) is 9.59 Å². The lowest BCUT2D eigenvalue weighted by Crippen LogP contribution is -2.31. The molecule has 0 aliphatic carbocycles. The van der Waals surface area contributed by atoms with Crippen molar-refractivity contribution in [3.05, 3.63) is 39.1 Å². The number of carbonyl (C=O) groups excluding carboxylic acids is 1. The molecule has 20 heavy (non-hydrogen) atoms. The van der Waals surface area contributed by atoms with Crippen LogP contribution in [-0.2, 0) is 6.54 Å². The van der Waals surface area contributed by atoms with Crippen molar-refractivity contribution in [2.75, 3.05) is 13.2 Å². The maximum atomic E-state index is 12.5. The highest BCUT2D eigenvalue weighted by atomic mass is 35.5. The number of pyridine rings is 1. The maximum absolute atomic E-state index is 12.5. The Morgan fingerprint density at radius 1 is 1.50 bits per heavy atom. The van der Waals surface area contributed by atoms with Crippen LogP contribution < -0.4 is 15.5 Å². The third-order valence-corrected chi connectivity index (χ3v) is 3.62. The van der Waals surface area contributed by atoms with Gasteiger partial charge in [0.1, 0.15) is 17.9 Å². The van der Waals surface area contributed by atoms with E-state index in [0.717, 1.165) is 0 Å². The van der Waals surface area contributed by atoms with Crippen molar-refractivity contribution in [2.24, 2.45) is 0 Å². The van der Waals surface area contributed by atoms with Gasteiger partial charge in [-0.3, -0.25) is 9.59 Å². The van der Waals surface area contributed by atoms with E-state index in [0.29, 0.717) is 41.4 Å². The van der Waals surface area contributed by atoms with E-state index in [-0.39, 0.29) is 16.9 Å². The number of nitrogens with zero attached hydrogens (tertiary/aromatic N) is 1. The van der Waals surface area contributed by atoms with Gasteiger partial charge in [-0.05, 0) is 19.1 Å². The molecule has 0 atom stereocenters. The van der Waals surface area contributed by atoms with Crippen molar-refractivity contribution in [2.45, 2.75) is 13.5 Å². The van der Waals surface area contributed by atoms with Crippen molar-refractivity contribution >= 4 is 28.4 Å². The molecule has 6 heteroatoms. The lowest BCUT2D eigenvalue weighted by atomic mass is 10.1. The molecule has 0 saturated heterocycles. The Bertz CT molecular complexity index is 767. The Balaban J connectivity index is 2.37. The monoisotopic (exact) mass is 292 g/mol. The molecule has 0 fully saturated rings. The number of halogens is 1. The summed E-state index contributed by atoms with van der Waals surface area (Å²) in [6.45, 7) is 3.35. The second-order valence-corrected chi connectivity index (χ2v) is 4.95. The quantitative estimate of drug-likeness (QED) is 0.918. The van der Waals surface area contributed by atoms with E-state index >= 15 is 0 Å². The summed E-state index contributed by atoms with van der Waals surface area (Å²) in [6.07, 6.45) is 1.58. The van der Waals surface area contributed by atoms with E-state index in [2.05, 4.69) is 5.32 Å². The van der Waals surface area contributed by atoms with E-state index in [1.165, 1.54) is 0 Å². The van der Waals surface area contributed by atoms with Crippen LogP contribution in [0.4, 0.5) is 0 Å². The molecule has 0 bridgehead atoms. The molecular formula is C14H13ClN2O3. The molecule has 1 N–H and O–H groups in total. The molecule has 104 valence electrons. The summed E-state index contributed by atoms with van der Waals surface area (Å²) < 4.78 is 7.39. The van der Waals surface area contributed by atoms with Crippen molar-refractivity contribution in [3.63, 3.8) is 0 Å². The number of amides is 1. The van der Waals surface area contributed by atoms with Gasteiger partial charge in [0.05, 0.1) is 22.5 Å². The topological polar surface area (TPSA) is 60.3 Å². The first-order valence-corrected chi connectivity index (χ1v) is 6.78. The highest BCUT2D eigenvalue weighted by molar-refractivity contribution is 6.35. The van der Waals surface area contributed by atoms with Crippen LogP contribution in [0.1, 0.15) is 17.3 Å². The van der Waals surface area contributed by atoms with Crippen molar-refractivity contribution in [3.8, 4) is 5.75 Å². The minimum absolute atomic E-state index is 0.111. The average Bonchev–Trinajstić information content (AvgIpc) is 2.44. The van der Waals surface area contributed by atoms with Crippen LogP contribution in [0.15, 0.2) is 23.1 Å². The van der Waals surface area contributed by atoms with Gasteiger partial charge >= 0.3 is 0 Å². The number of ether oxygens (including phenoxy) is 1. The maximum Gasteiger partial charge on any atom is 0.256 e. The smallest absolute Gasteiger partial charge is 0.256 e. The van der Waals surface area contributed by atoms with Crippen LogP contribution in [0.5, 0.6) is 5.75 Å². The van der Waals surface area contributed by atoms with Gasteiger partial charge in [-0.15, -0.1) is 0 Å². The predicted molar refractivity (Wildman–Crippen MR) is 76.7 cm³/mol. The summed E-state index contributed by atoms with van der Waals surface area (Å²) in [4.78, 5) is 24.5. The van der Waals surface area contributed by atoms with Crippen LogP contribution in [-0.4, -0.2) is 23.6 Å². The fourth-order valence-electron chi connectivity index (χ4n) is 2.43. The molecule has 1 amide bonds. The Morgan fingerprint density at radius 2 is 2.30 bits per heavy atom. The highest BCUT2D eigenvalue weighted by Gasteiger charge is 2.21. The Labute approximate surface area is 120 Å². The predicted octanol–water partition coefficient (Wildman–Crippen LogP) is 1.80. The summed E-state index contributed by atoms with van der Waals surface area (Å²) >= 11 is 6.14. The minimum atomic E-state index is -0.379. The third kappa shape index (κ3) is 1.86. The van der Waals surface area contributed by atoms with Gasteiger partial charge in [0.15, 0.2) is 0 Å². The van der Waals surface area contributed by atoms with Gasteiger partial charge in [0.25, 0.3) is 5.91 Å². The van der Waals surface area contributed by atoms with Crippen molar-refractivity contribution in [1.29, 1.82) is 0 Å². The standard InChI is InChI=1S/C14H13ClN2O3/c1-2-16-14(19)8-7-17-5-6-20-10-4-3-9(15)11(12(10)17)13(8)18/h3-4,7H,2,5-6H2,1H3,(H,16,19). The number of carbonyl (C=O) groups is 1. The van der Waals surface area contributed by atoms with E-state index < -0.39 is 0 Å². The van der Waals surface area contributed by atoms with Gasteiger partial charge in [0, 0.05) is 12.7 Å². The molecule has 1 aliphatic heterocycles. The molecule has 1 aromatic heterocycles. The molecule has 0 unspecified atom stereocenters. The fraction of sp³-hybridized carbons (Fsp3) is 0.286. The number of benzene rings is 1. The van der Waals surface area contributed by atoms with Gasteiger partial charge < -0.3 is 14.6 Å². The summed E-state index contributed by atoms with van der Waals surface area (Å²) in [5.41, 5.74) is 0.404. The first kappa shape index (κ1) is 13.0. The second-order valence-electron chi connectivity index (χ2n) is 4.54. The molecule has 2 aromatic rings. The van der Waals surface area contributed by atoms with Crippen LogP contribution >= 0.6 is 11.6 Å². The van der Waals surface area contributed by atoms with Crippen molar-refractivity contribution in [1.82, 2.24) is 9.88 Å². The van der Waals surface area contributed by atoms with Crippen LogP contribution in [0.25, 0.3) is 10.9 Å². The molecule has 1 aliphatic rings. The van der Waals surface area contributed by atoms with Gasteiger partial charge in [-0.1, -0.05) is 11.6 Å². The largest absolute Gasteiger partial charge is 0.490 e. The third-order valence-electron chi connectivity index (χ3n) is 3.31. The first-order chi connectivity index (χ1) is 9.63. The van der Waals surface area contributed by atoms with E-state index in [1.807, 2.05) is 4.57 Å². The zero-order chi connectivity index (χ0) is 14.3. The van der Waals surface area contributed by atoms with Crippen LogP contribution in [0.2, 0.25) is 5.02 Å². The van der Waals surface area contributed by atoms with E-state index in [1.54, 1.807) is 25.3 Å². The van der Waals surface area contributed by atoms with Crippen LogP contribution in [0.3, 0.4) is 0 Å². The molecule has 2 heterocycles. The molecule has 5 nitrogen and oxygen atoms in total. The van der Waals surface area contributed by atoms with Crippen LogP contribution in [0, 0.1) is 0 Å². The Morgan fingerprint density at radius 3 is 3.05 bits per heavy atom. The zero-order valence-corrected chi connectivity index (χ0v) is 11.7. The first-order valence-electron chi connectivity index (χ1n) is 6.40. The number of hydrogen-bond donors (Lipinski definition) is 1. The minimum Gasteiger partial charge on any atom is -0.490 e. The summed E-state index contributed by atoms with van der Waals surface area (Å²) in [5.74, 6) is 0.242. The summed E-state index contributed by atoms with van der Waals surface area (Å²) in [5, 5.41) is 3.32. The van der Waals surface area contributed by atoms with Gasteiger partial charge in [0.2, 0.25) is 5.43 Å². The fourth-order valence-corrected chi connectivity index (χ4v) is 2.66. The average molecular weight is 293 g/mol. The second kappa shape index (κ2) is 4.83. The lowest BCUT2D eigenvalue weighted by molar-refractivity contribution is 0.0954. The molecule has 0 saturated carbocycles. The molecule has 1 aromatic carbocycles. The summed E-state index contributed by atoms with van der Waals surface area (Å²) in [6, 6.07) is 3.36. The Hall–Kier alpha value is -2.01. The van der Waals surface area contributed by atoms with Crippen molar-refractivity contribution < 1.29 is 9.53 Å². The van der Waals surface area contributed by atoms with Gasteiger partial charge in [-0.25, -0.2) is 0 Å².